The molecule has 0 amide bonds. The lowest BCUT2D eigenvalue weighted by molar-refractivity contribution is 0.242. The van der Waals surface area contributed by atoms with E-state index in [1.54, 1.807) is 12.4 Å². The second-order valence-electron chi connectivity index (χ2n) is 7.38. The van der Waals surface area contributed by atoms with Crippen molar-refractivity contribution in [3.8, 4) is 11.5 Å². The number of ether oxygens (including phenoxy) is 2. The molecule has 29 heavy (non-hydrogen) atoms. The minimum absolute atomic E-state index is 0.166. The van der Waals surface area contributed by atoms with Gasteiger partial charge in [-0.05, 0) is 93.3 Å². The molecule has 0 N–H and O–H groups in total. The summed E-state index contributed by atoms with van der Waals surface area (Å²) in [6.07, 6.45) is 9.68. The first-order valence-electron chi connectivity index (χ1n) is 9.95. The largest absolute Gasteiger partial charge is 0.491 e. The number of rotatable bonds is 9. The highest BCUT2D eigenvalue weighted by Gasteiger charge is 2.04. The quantitative estimate of drug-likeness (QED) is 0.346. The van der Waals surface area contributed by atoms with Crippen molar-refractivity contribution in [1.82, 2.24) is 0 Å². The van der Waals surface area contributed by atoms with Gasteiger partial charge in [0.1, 0.15) is 11.5 Å². The molecule has 0 radical (unpaired) electrons. The fraction of sp³-hybridized carbons (Fsp3) is 0.269. The predicted molar refractivity (Wildman–Crippen MR) is 125 cm³/mol. The topological polar surface area (TPSA) is 30.8 Å². The highest BCUT2D eigenvalue weighted by atomic mass is 16.5. The number of hydrogen-bond acceptors (Lipinski definition) is 3. The Morgan fingerprint density at radius 1 is 0.931 bits per heavy atom. The van der Waals surface area contributed by atoms with E-state index in [9.17, 15) is 0 Å². The van der Waals surface area contributed by atoms with Crippen LogP contribution in [0.25, 0.3) is 11.6 Å². The van der Waals surface area contributed by atoms with Crippen LogP contribution in [0, 0.1) is 6.92 Å². The van der Waals surface area contributed by atoms with Crippen LogP contribution in [0.2, 0.25) is 0 Å². The average Bonchev–Trinajstić information content (AvgIpc) is 2.65. The van der Waals surface area contributed by atoms with Crippen LogP contribution < -0.4 is 9.47 Å². The van der Waals surface area contributed by atoms with E-state index in [-0.39, 0.29) is 12.2 Å². The van der Waals surface area contributed by atoms with Gasteiger partial charge in [-0.15, -0.1) is 0 Å². The Kier molecular flexibility index (Phi) is 8.47. The van der Waals surface area contributed by atoms with Crippen LogP contribution in [0.1, 0.15) is 44.4 Å². The zero-order valence-corrected chi connectivity index (χ0v) is 18.1. The van der Waals surface area contributed by atoms with Crippen LogP contribution in [0.15, 0.2) is 72.4 Å². The molecule has 0 bridgehead atoms. The molecule has 152 valence electrons. The second-order valence-corrected chi connectivity index (χ2v) is 7.38. The Labute approximate surface area is 175 Å². The normalized spacial score (nSPS) is 12.0. The molecule has 0 saturated heterocycles. The third kappa shape index (κ3) is 7.82. The molecule has 0 heterocycles. The van der Waals surface area contributed by atoms with Crippen LogP contribution in [-0.2, 0) is 0 Å². The lowest BCUT2D eigenvalue weighted by Crippen LogP contribution is -2.05. The molecule has 3 heteroatoms. The summed E-state index contributed by atoms with van der Waals surface area (Å²) in [7, 11) is 0. The molecule has 0 spiro atoms. The zero-order chi connectivity index (χ0) is 21.2. The molecule has 0 aliphatic rings. The van der Waals surface area contributed by atoms with Crippen molar-refractivity contribution in [2.75, 3.05) is 0 Å². The Balaban J connectivity index is 1.89. The Hall–Kier alpha value is -3.07. The maximum Gasteiger partial charge on any atom is 0.119 e. The molecular formula is C26H31NO2. The maximum atomic E-state index is 5.73. The molecule has 0 unspecified atom stereocenters. The predicted octanol–water partition coefficient (Wildman–Crippen LogP) is 6.88. The molecule has 3 nitrogen and oxygen atoms in total. The van der Waals surface area contributed by atoms with Crippen molar-refractivity contribution in [2.45, 2.75) is 46.8 Å². The Morgan fingerprint density at radius 2 is 1.55 bits per heavy atom. The van der Waals surface area contributed by atoms with Gasteiger partial charge in [0.2, 0.25) is 0 Å². The summed E-state index contributed by atoms with van der Waals surface area (Å²) in [5.41, 5.74) is 4.25. The zero-order valence-electron chi connectivity index (χ0n) is 18.1. The first-order valence-corrected chi connectivity index (χ1v) is 9.95. The number of hydrogen-bond donors (Lipinski definition) is 0. The van der Waals surface area contributed by atoms with Crippen molar-refractivity contribution >= 4 is 17.9 Å². The van der Waals surface area contributed by atoms with Crippen LogP contribution in [0.3, 0.4) is 0 Å². The summed E-state index contributed by atoms with van der Waals surface area (Å²) in [5, 5.41) is 0. The Bertz CT molecular complexity index is 887. The van der Waals surface area contributed by atoms with Crippen molar-refractivity contribution in [1.29, 1.82) is 0 Å². The van der Waals surface area contributed by atoms with Crippen molar-refractivity contribution in [3.63, 3.8) is 0 Å². The van der Waals surface area contributed by atoms with E-state index in [0.29, 0.717) is 0 Å². The van der Waals surface area contributed by atoms with E-state index < -0.39 is 0 Å². The molecule has 2 aromatic carbocycles. The lowest BCUT2D eigenvalue weighted by atomic mass is 10.0. The van der Waals surface area contributed by atoms with E-state index in [1.165, 1.54) is 0 Å². The number of benzene rings is 2. The van der Waals surface area contributed by atoms with Gasteiger partial charge in [-0.1, -0.05) is 30.9 Å². The average molecular weight is 390 g/mol. The SMILES string of the molecule is C=C(\C=C/C=N/C=C/c1ccc(OC(C)C)cc1)c1ccc(OC(C)C)cc1C. The molecule has 0 aromatic heterocycles. The van der Waals surface area contributed by atoms with Gasteiger partial charge in [0.15, 0.2) is 0 Å². The standard InChI is InChI=1S/C26H31NO2/c1-19(2)28-24-11-9-23(10-12-24)15-17-27-16-7-8-21(5)26-14-13-25(18-22(26)6)29-20(3)4/h7-20H,5H2,1-4,6H3/b8-7-,17-15+,27-16+. The maximum absolute atomic E-state index is 5.73. The summed E-state index contributed by atoms with van der Waals surface area (Å²) in [5.74, 6) is 1.76. The fourth-order valence-electron chi connectivity index (χ4n) is 2.75. The smallest absolute Gasteiger partial charge is 0.119 e. The highest BCUT2D eigenvalue weighted by Crippen LogP contribution is 2.24. The van der Waals surface area contributed by atoms with E-state index in [4.69, 9.17) is 9.47 Å². The summed E-state index contributed by atoms with van der Waals surface area (Å²) >= 11 is 0. The van der Waals surface area contributed by atoms with Crippen LogP contribution >= 0.6 is 0 Å². The van der Waals surface area contributed by atoms with E-state index >= 15 is 0 Å². The van der Waals surface area contributed by atoms with Gasteiger partial charge >= 0.3 is 0 Å². The minimum atomic E-state index is 0.166. The van der Waals surface area contributed by atoms with Crippen molar-refractivity contribution in [3.05, 3.63) is 84.1 Å². The molecular weight excluding hydrogens is 358 g/mol. The monoisotopic (exact) mass is 389 g/mol. The molecule has 0 saturated carbocycles. The van der Waals surface area contributed by atoms with Gasteiger partial charge in [0.25, 0.3) is 0 Å². The van der Waals surface area contributed by atoms with E-state index in [2.05, 4.69) is 18.5 Å². The third-order valence-electron chi connectivity index (χ3n) is 3.99. The minimum Gasteiger partial charge on any atom is -0.491 e. The third-order valence-corrected chi connectivity index (χ3v) is 3.99. The van der Waals surface area contributed by atoms with Gasteiger partial charge in [-0.2, -0.15) is 0 Å². The van der Waals surface area contributed by atoms with Crippen LogP contribution in [0.4, 0.5) is 0 Å². The number of nitrogens with zero attached hydrogens (tertiary/aromatic N) is 1. The van der Waals surface area contributed by atoms with Gasteiger partial charge in [-0.3, -0.25) is 4.99 Å². The highest BCUT2D eigenvalue weighted by molar-refractivity contribution is 5.81. The van der Waals surface area contributed by atoms with Gasteiger partial charge < -0.3 is 9.47 Å². The molecule has 2 rings (SSSR count). The first-order chi connectivity index (χ1) is 13.8. The van der Waals surface area contributed by atoms with Gasteiger partial charge in [-0.25, -0.2) is 0 Å². The van der Waals surface area contributed by atoms with Crippen molar-refractivity contribution in [2.24, 2.45) is 4.99 Å². The molecule has 0 aliphatic heterocycles. The second kappa shape index (κ2) is 11.1. The summed E-state index contributed by atoms with van der Waals surface area (Å²) < 4.78 is 11.4. The number of aryl methyl sites for hydroxylation is 1. The van der Waals surface area contributed by atoms with Gasteiger partial charge in [0, 0.05) is 12.4 Å². The van der Waals surface area contributed by atoms with E-state index in [1.807, 2.05) is 88.4 Å². The van der Waals surface area contributed by atoms with Gasteiger partial charge in [0.05, 0.1) is 12.2 Å². The number of allylic oxidation sites excluding steroid dienone is 3. The van der Waals surface area contributed by atoms with Crippen molar-refractivity contribution < 1.29 is 9.47 Å². The van der Waals surface area contributed by atoms with Crippen LogP contribution in [0.5, 0.6) is 11.5 Å². The lowest BCUT2D eigenvalue weighted by Gasteiger charge is -2.12. The molecule has 0 aliphatic carbocycles. The summed E-state index contributed by atoms with van der Waals surface area (Å²) in [4.78, 5) is 4.29. The molecule has 0 fully saturated rings. The first kappa shape index (κ1) is 22.2. The fourth-order valence-corrected chi connectivity index (χ4v) is 2.75. The summed E-state index contributed by atoms with van der Waals surface area (Å²) in [6.45, 7) is 14.3. The Morgan fingerprint density at radius 3 is 2.17 bits per heavy atom. The molecule has 0 atom stereocenters. The van der Waals surface area contributed by atoms with E-state index in [0.717, 1.165) is 33.8 Å². The molecule has 2 aromatic rings. The number of aliphatic imine (C=N–C) groups is 1. The van der Waals surface area contributed by atoms with Crippen LogP contribution in [-0.4, -0.2) is 18.4 Å². The summed E-state index contributed by atoms with van der Waals surface area (Å²) in [6, 6.07) is 14.0.